The van der Waals surface area contributed by atoms with Crippen LogP contribution in [0.25, 0.3) is 0 Å². The van der Waals surface area contributed by atoms with Crippen LogP contribution in [-0.2, 0) is 23.7 Å². The quantitative estimate of drug-likeness (QED) is 0.0315. The van der Waals surface area contributed by atoms with Gasteiger partial charge in [0, 0.05) is 72.3 Å². The molecule has 0 aliphatic carbocycles. The Morgan fingerprint density at radius 3 is 2.20 bits per heavy atom. The number of aryl methyl sites for hydroxylation is 1. The average molecular weight is 1060 g/mol. The van der Waals surface area contributed by atoms with Crippen molar-refractivity contribution in [2.45, 2.75) is 98.3 Å². The van der Waals surface area contributed by atoms with Crippen molar-refractivity contribution in [2.24, 2.45) is 0 Å². The summed E-state index contributed by atoms with van der Waals surface area (Å²) in [6, 6.07) is 16.4. The number of morpholine rings is 1. The topological polar surface area (TPSA) is 73.9 Å². The number of nitrogens with zero attached hydrogens (tertiary/aromatic N) is 2. The van der Waals surface area contributed by atoms with Crippen molar-refractivity contribution in [3.63, 3.8) is 0 Å². The third kappa shape index (κ3) is 13.8. The van der Waals surface area contributed by atoms with Crippen molar-refractivity contribution >= 4 is 62.7 Å². The Balaban J connectivity index is 2.77. The van der Waals surface area contributed by atoms with Gasteiger partial charge in [-0.2, -0.15) is 24.9 Å². The van der Waals surface area contributed by atoms with Crippen molar-refractivity contribution in [1.82, 2.24) is 15.1 Å². The summed E-state index contributed by atoms with van der Waals surface area (Å²) in [5.74, 6) is 1.12. The molecule has 3 rings (SSSR count). The van der Waals surface area contributed by atoms with E-state index in [1.54, 1.807) is 12.0 Å². The number of halogens is 6. The Morgan fingerprint density at radius 1 is 0.923 bits per heavy atom. The molecule has 0 amide bonds. The molecule has 1 saturated heterocycles. The SMILES string of the molecule is C=CCOCC1(CCOCCOC)OC(COc2ccccc2)(CSC)C(CCNCC)(CSc2ccccc2C)N(C(CCl)CC(CBr)(CCCl)N(CC)CC)C1(COC)C(F)(F)F. The first-order chi connectivity index (χ1) is 31.3. The molecule has 1 heterocycles. The number of nitrogens with one attached hydrogen (secondary N) is 1. The largest absolute Gasteiger partial charge is 0.490 e. The van der Waals surface area contributed by atoms with Crippen molar-refractivity contribution in [2.75, 3.05) is 121 Å². The number of ether oxygens (including phenoxy) is 6. The van der Waals surface area contributed by atoms with Gasteiger partial charge in [-0.15, -0.1) is 41.5 Å². The maximum atomic E-state index is 17.9. The number of para-hydroxylation sites is 1. The van der Waals surface area contributed by atoms with Crippen LogP contribution in [-0.4, -0.2) is 171 Å². The van der Waals surface area contributed by atoms with E-state index in [0.29, 0.717) is 43.7 Å². The molecule has 17 heteroatoms. The van der Waals surface area contributed by atoms with Gasteiger partial charge in [-0.25, -0.2) is 0 Å². The van der Waals surface area contributed by atoms with E-state index >= 15 is 13.2 Å². The van der Waals surface area contributed by atoms with Crippen LogP contribution in [0.2, 0.25) is 0 Å². The molecule has 2 aromatic carbocycles. The minimum atomic E-state index is -5.02. The number of benzene rings is 2. The summed E-state index contributed by atoms with van der Waals surface area (Å²) in [5, 5.41) is 3.96. The Kier molecular flexibility index (Phi) is 25.9. The van der Waals surface area contributed by atoms with Gasteiger partial charge in [0.05, 0.1) is 38.6 Å². The zero-order valence-corrected chi connectivity index (χ0v) is 44.4. The second kappa shape index (κ2) is 28.8. The molecule has 0 bridgehead atoms. The highest BCUT2D eigenvalue weighted by atomic mass is 79.9. The van der Waals surface area contributed by atoms with Crippen LogP contribution < -0.4 is 10.1 Å². The lowest BCUT2D eigenvalue weighted by Crippen LogP contribution is -2.92. The number of alkyl halides is 6. The predicted octanol–water partition coefficient (Wildman–Crippen LogP) is 10.4. The minimum Gasteiger partial charge on any atom is -0.490 e. The van der Waals surface area contributed by atoms with Crippen LogP contribution in [0.4, 0.5) is 13.2 Å². The number of thioether (sulfide) groups is 2. The summed E-state index contributed by atoms with van der Waals surface area (Å²) < 4.78 is 91.9. The summed E-state index contributed by atoms with van der Waals surface area (Å²) in [6.07, 6.45) is -0.787. The standard InChI is InChI=1S/C48H75BrCl2F3N3O6S2/c1-9-27-61-34-45(24-28-60-30-29-58-6)47(36-59-7,48(52,53)54)57(40(32-51)31-43(33-49,22-25-50)56(11-3)12-4)44(23-26-55-10-2,37-65-42-21-17-16-18-39(42)5)46(63-45,38-64-8)35-62-41-19-14-13-15-20-41/h9,13-21,40,55H,1,10-12,22-38H2,2-8H3. The molecule has 1 fully saturated rings. The molecule has 0 spiro atoms. The molecule has 65 heavy (non-hydrogen) atoms. The molecule has 372 valence electrons. The van der Waals surface area contributed by atoms with Crippen LogP contribution in [0, 0.1) is 6.92 Å². The monoisotopic (exact) mass is 1060 g/mol. The zero-order chi connectivity index (χ0) is 48.0. The van der Waals surface area contributed by atoms with Crippen LogP contribution in [0.1, 0.15) is 52.0 Å². The second-order valence-corrected chi connectivity index (χ2v) is 19.7. The van der Waals surface area contributed by atoms with Gasteiger partial charge in [0.15, 0.2) is 5.54 Å². The zero-order valence-electron chi connectivity index (χ0n) is 39.6. The smallest absolute Gasteiger partial charge is 0.412 e. The van der Waals surface area contributed by atoms with Crippen LogP contribution in [0.3, 0.4) is 0 Å². The molecule has 0 saturated carbocycles. The average Bonchev–Trinajstić information content (AvgIpc) is 3.29. The van der Waals surface area contributed by atoms with Gasteiger partial charge in [0.25, 0.3) is 0 Å². The molecule has 6 unspecified atom stereocenters. The lowest BCUT2D eigenvalue weighted by atomic mass is 9.63. The summed E-state index contributed by atoms with van der Waals surface area (Å²) >= 11 is 21.0. The Labute approximate surface area is 415 Å². The lowest BCUT2D eigenvalue weighted by molar-refractivity contribution is -0.409. The molecular formula is C48H75BrCl2F3N3O6S2. The van der Waals surface area contributed by atoms with Crippen molar-refractivity contribution in [3.05, 3.63) is 72.8 Å². The van der Waals surface area contributed by atoms with E-state index in [4.69, 9.17) is 51.6 Å². The molecule has 9 nitrogen and oxygen atoms in total. The highest BCUT2D eigenvalue weighted by Gasteiger charge is 2.81. The van der Waals surface area contributed by atoms with Crippen LogP contribution in [0.15, 0.2) is 72.1 Å². The van der Waals surface area contributed by atoms with Gasteiger partial charge in [-0.05, 0) is 82.4 Å². The van der Waals surface area contributed by atoms with E-state index in [1.165, 1.54) is 36.7 Å². The predicted molar refractivity (Wildman–Crippen MR) is 269 cm³/mol. The minimum absolute atomic E-state index is 0.0232. The number of hydrogen-bond donors (Lipinski definition) is 1. The van der Waals surface area contributed by atoms with Gasteiger partial charge in [0.1, 0.15) is 23.6 Å². The molecule has 1 aliphatic heterocycles. The Bertz CT molecular complexity index is 1650. The van der Waals surface area contributed by atoms with Crippen molar-refractivity contribution in [3.8, 4) is 5.75 Å². The van der Waals surface area contributed by atoms with Gasteiger partial charge in [-0.3, -0.25) is 9.80 Å². The van der Waals surface area contributed by atoms with E-state index in [2.05, 4.69) is 46.6 Å². The van der Waals surface area contributed by atoms with Gasteiger partial charge in [-0.1, -0.05) is 79.2 Å². The summed E-state index contributed by atoms with van der Waals surface area (Å²) in [6.45, 7) is 13.2. The van der Waals surface area contributed by atoms with E-state index in [0.717, 1.165) is 10.5 Å². The van der Waals surface area contributed by atoms with E-state index < -0.39 is 53.3 Å². The summed E-state index contributed by atoms with van der Waals surface area (Å²) in [4.78, 5) is 4.99. The van der Waals surface area contributed by atoms with Gasteiger partial charge >= 0.3 is 6.18 Å². The number of rotatable bonds is 34. The van der Waals surface area contributed by atoms with E-state index in [1.807, 2.05) is 74.7 Å². The normalized spacial score (nSPS) is 24.3. The van der Waals surface area contributed by atoms with Crippen molar-refractivity contribution in [1.29, 1.82) is 0 Å². The van der Waals surface area contributed by atoms with Crippen LogP contribution in [0.5, 0.6) is 5.75 Å². The fourth-order valence-corrected chi connectivity index (χ4v) is 13.6. The first kappa shape index (κ1) is 58.5. The highest BCUT2D eigenvalue weighted by Crippen LogP contribution is 2.61. The Hall–Kier alpha value is -0.790. The molecule has 6 atom stereocenters. The fourth-order valence-electron chi connectivity index (χ4n) is 9.82. The second-order valence-electron chi connectivity index (χ2n) is 16.6. The summed E-state index contributed by atoms with van der Waals surface area (Å²) in [7, 11) is 2.87. The third-order valence-electron chi connectivity index (χ3n) is 12.9. The Morgan fingerprint density at radius 2 is 1.63 bits per heavy atom. The van der Waals surface area contributed by atoms with E-state index in [-0.39, 0.29) is 75.6 Å². The maximum Gasteiger partial charge on any atom is 0.412 e. The fraction of sp³-hybridized carbons (Fsp3) is 0.708. The lowest BCUT2D eigenvalue weighted by Gasteiger charge is -2.72. The first-order valence-corrected chi connectivity index (χ1v) is 27.1. The molecule has 1 N–H and O–H groups in total. The van der Waals surface area contributed by atoms with Crippen LogP contribution >= 0.6 is 62.7 Å². The summed E-state index contributed by atoms with van der Waals surface area (Å²) in [5.41, 5.74) is -7.70. The van der Waals surface area contributed by atoms with Gasteiger partial charge < -0.3 is 33.7 Å². The molecule has 0 aromatic heterocycles. The molecule has 0 radical (unpaired) electrons. The third-order valence-corrected chi connectivity index (χ3v) is 16.6. The number of hydrogen-bond acceptors (Lipinski definition) is 11. The van der Waals surface area contributed by atoms with Crippen molar-refractivity contribution < 1.29 is 41.6 Å². The van der Waals surface area contributed by atoms with E-state index in [9.17, 15) is 0 Å². The number of methoxy groups -OCH3 is 2. The molecule has 2 aromatic rings. The molecular weight excluding hydrogens is 986 g/mol. The first-order valence-electron chi connectivity index (χ1n) is 22.6. The highest BCUT2D eigenvalue weighted by molar-refractivity contribution is 9.09. The van der Waals surface area contributed by atoms with Gasteiger partial charge in [0.2, 0.25) is 0 Å². The maximum absolute atomic E-state index is 17.9. The molecule has 1 aliphatic rings.